The zero-order valence-corrected chi connectivity index (χ0v) is 18.5. The first-order chi connectivity index (χ1) is 15.4. The number of terminal acetylenes is 1. The number of anilines is 1. The molecule has 0 saturated heterocycles. The van der Waals surface area contributed by atoms with Gasteiger partial charge in [-0.25, -0.2) is 4.79 Å². The van der Waals surface area contributed by atoms with E-state index < -0.39 is 5.97 Å². The Labute approximate surface area is 193 Å². The van der Waals surface area contributed by atoms with Crippen molar-refractivity contribution in [2.24, 2.45) is 0 Å². The van der Waals surface area contributed by atoms with Crippen molar-refractivity contribution in [1.29, 1.82) is 0 Å². The van der Waals surface area contributed by atoms with Gasteiger partial charge in [-0.15, -0.1) is 17.8 Å². The van der Waals surface area contributed by atoms with E-state index in [-0.39, 0.29) is 29.7 Å². The number of benzene rings is 2. The maximum atomic E-state index is 12.6. The molecule has 0 spiro atoms. The van der Waals surface area contributed by atoms with Crippen LogP contribution in [-0.2, 0) is 4.79 Å². The number of ether oxygens (including phenoxy) is 2. The second-order valence-corrected chi connectivity index (χ2v) is 8.55. The molecule has 1 aliphatic heterocycles. The van der Waals surface area contributed by atoms with E-state index in [1.807, 2.05) is 6.07 Å². The Kier molecular flexibility index (Phi) is 6.08. The molecule has 2 heterocycles. The van der Waals surface area contributed by atoms with Crippen LogP contribution in [0.15, 0.2) is 42.5 Å². The minimum Gasteiger partial charge on any atom is -0.493 e. The lowest BCUT2D eigenvalue weighted by Crippen LogP contribution is -2.22. The number of carbonyl (C=O) groups excluding carboxylic acids is 1. The van der Waals surface area contributed by atoms with Crippen LogP contribution in [0.4, 0.5) is 5.69 Å². The van der Waals surface area contributed by atoms with E-state index in [2.05, 4.69) is 11.2 Å². The molecule has 0 radical (unpaired) electrons. The van der Waals surface area contributed by atoms with Crippen LogP contribution in [0.3, 0.4) is 0 Å². The highest BCUT2D eigenvalue weighted by atomic mass is 35.5. The number of halogens is 1. The lowest BCUT2D eigenvalue weighted by atomic mass is 9.88. The number of hydrogen-bond acceptors (Lipinski definition) is 5. The molecular weight excluding hydrogens is 450 g/mol. The Morgan fingerprint density at radius 1 is 1.28 bits per heavy atom. The Bertz CT molecular complexity index is 1240. The molecule has 0 saturated carbocycles. The third-order valence-electron chi connectivity index (χ3n) is 5.13. The SMILES string of the molecule is C#CCOc1ccc([C@H]2CC(=O)Nc3c2sc(C(=O)O)c3-c2ccc(Cl)cc2)cc1OC. The van der Waals surface area contributed by atoms with Gasteiger partial charge in [-0.2, -0.15) is 0 Å². The summed E-state index contributed by atoms with van der Waals surface area (Å²) in [6.07, 6.45) is 5.45. The highest BCUT2D eigenvalue weighted by Crippen LogP contribution is 2.50. The molecule has 2 N–H and O–H groups in total. The topological polar surface area (TPSA) is 84.9 Å². The molecule has 0 bridgehead atoms. The number of rotatable bonds is 6. The number of thiophene rings is 1. The fourth-order valence-corrected chi connectivity index (χ4v) is 5.11. The molecule has 2 aromatic carbocycles. The number of amides is 1. The fourth-order valence-electron chi connectivity index (χ4n) is 3.74. The molecule has 3 aromatic rings. The van der Waals surface area contributed by atoms with Crippen molar-refractivity contribution in [3.63, 3.8) is 0 Å². The maximum absolute atomic E-state index is 12.6. The third kappa shape index (κ3) is 4.03. The lowest BCUT2D eigenvalue weighted by Gasteiger charge is -2.24. The molecular formula is C24H18ClNO5S. The molecule has 0 unspecified atom stereocenters. The summed E-state index contributed by atoms with van der Waals surface area (Å²) >= 11 is 7.16. The van der Waals surface area contributed by atoms with E-state index >= 15 is 0 Å². The molecule has 1 aliphatic rings. The molecule has 0 aliphatic carbocycles. The normalized spacial score (nSPS) is 14.8. The molecule has 1 amide bonds. The summed E-state index contributed by atoms with van der Waals surface area (Å²) in [6, 6.07) is 12.2. The van der Waals surface area contributed by atoms with Gasteiger partial charge in [0, 0.05) is 27.8 Å². The van der Waals surface area contributed by atoms with Crippen LogP contribution < -0.4 is 14.8 Å². The number of methoxy groups -OCH3 is 1. The summed E-state index contributed by atoms with van der Waals surface area (Å²) in [5.74, 6) is 1.80. The Morgan fingerprint density at radius 2 is 2.03 bits per heavy atom. The van der Waals surface area contributed by atoms with Crippen LogP contribution in [0.5, 0.6) is 11.5 Å². The van der Waals surface area contributed by atoms with Crippen LogP contribution in [-0.4, -0.2) is 30.7 Å². The fraction of sp³-hybridized carbons (Fsp3) is 0.167. The highest BCUT2D eigenvalue weighted by Gasteiger charge is 2.34. The van der Waals surface area contributed by atoms with Crippen molar-refractivity contribution in [2.75, 3.05) is 19.0 Å². The van der Waals surface area contributed by atoms with E-state index in [9.17, 15) is 14.7 Å². The number of hydrogen-bond donors (Lipinski definition) is 2. The van der Waals surface area contributed by atoms with Gasteiger partial charge >= 0.3 is 5.97 Å². The Morgan fingerprint density at radius 3 is 2.69 bits per heavy atom. The molecule has 6 nitrogen and oxygen atoms in total. The first kappa shape index (κ1) is 21.8. The highest BCUT2D eigenvalue weighted by molar-refractivity contribution is 7.15. The first-order valence-corrected chi connectivity index (χ1v) is 10.8. The smallest absolute Gasteiger partial charge is 0.346 e. The molecule has 32 heavy (non-hydrogen) atoms. The van der Waals surface area contributed by atoms with E-state index in [0.29, 0.717) is 33.3 Å². The number of aromatic carboxylic acids is 1. The van der Waals surface area contributed by atoms with E-state index in [1.165, 1.54) is 7.11 Å². The zero-order valence-electron chi connectivity index (χ0n) is 17.0. The van der Waals surface area contributed by atoms with Crippen molar-refractivity contribution >= 4 is 40.5 Å². The van der Waals surface area contributed by atoms with Crippen LogP contribution >= 0.6 is 22.9 Å². The molecule has 4 rings (SSSR count). The predicted molar refractivity (Wildman–Crippen MR) is 124 cm³/mol. The van der Waals surface area contributed by atoms with Gasteiger partial charge in [0.05, 0.1) is 12.8 Å². The van der Waals surface area contributed by atoms with E-state index in [4.69, 9.17) is 27.5 Å². The predicted octanol–water partition coefficient (Wildman–Crippen LogP) is 5.26. The van der Waals surface area contributed by atoms with Crippen LogP contribution in [0, 0.1) is 12.3 Å². The van der Waals surface area contributed by atoms with Crippen LogP contribution in [0.2, 0.25) is 5.02 Å². The summed E-state index contributed by atoms with van der Waals surface area (Å²) in [5, 5.41) is 13.3. The number of carboxylic acid groups (broad SMARTS) is 1. The molecule has 8 heteroatoms. The standard InChI is InChI=1S/C24H18ClNO5S/c1-3-10-31-17-9-6-14(11-18(17)30-2)16-12-19(27)26-21-20(13-4-7-15(25)8-5-13)23(24(28)29)32-22(16)21/h1,4-9,11,16H,10,12H2,2H3,(H,26,27)(H,28,29)/t16-/m1/s1. The Balaban J connectivity index is 1.85. The summed E-state index contributed by atoms with van der Waals surface area (Å²) in [5.41, 5.74) is 2.48. The van der Waals surface area contributed by atoms with Gasteiger partial charge in [-0.3, -0.25) is 4.79 Å². The number of carbonyl (C=O) groups is 2. The minimum atomic E-state index is -1.06. The number of nitrogens with one attached hydrogen (secondary N) is 1. The summed E-state index contributed by atoms with van der Waals surface area (Å²) in [4.78, 5) is 25.6. The van der Waals surface area contributed by atoms with Gasteiger partial charge in [-0.05, 0) is 35.4 Å². The van der Waals surface area contributed by atoms with E-state index in [0.717, 1.165) is 21.8 Å². The second-order valence-electron chi connectivity index (χ2n) is 7.07. The van der Waals surface area contributed by atoms with E-state index in [1.54, 1.807) is 36.4 Å². The van der Waals surface area contributed by atoms with Gasteiger partial charge in [-0.1, -0.05) is 35.7 Å². The monoisotopic (exact) mass is 467 g/mol. The van der Waals surface area contributed by atoms with Crippen molar-refractivity contribution in [3.8, 4) is 35.0 Å². The van der Waals surface area contributed by atoms with Gasteiger partial charge in [0.2, 0.25) is 5.91 Å². The van der Waals surface area contributed by atoms with Gasteiger partial charge in [0.15, 0.2) is 11.5 Å². The minimum absolute atomic E-state index is 0.100. The average molecular weight is 468 g/mol. The van der Waals surface area contributed by atoms with Crippen molar-refractivity contribution in [2.45, 2.75) is 12.3 Å². The van der Waals surface area contributed by atoms with Gasteiger partial charge in [0.25, 0.3) is 0 Å². The zero-order chi connectivity index (χ0) is 22.8. The second kappa shape index (κ2) is 8.95. The largest absolute Gasteiger partial charge is 0.493 e. The molecule has 1 aromatic heterocycles. The first-order valence-electron chi connectivity index (χ1n) is 9.63. The summed E-state index contributed by atoms with van der Waals surface area (Å²) < 4.78 is 10.9. The number of carboxylic acids is 1. The molecule has 1 atom stereocenters. The maximum Gasteiger partial charge on any atom is 0.346 e. The van der Waals surface area contributed by atoms with Crippen LogP contribution in [0.25, 0.3) is 11.1 Å². The summed E-state index contributed by atoms with van der Waals surface area (Å²) in [6.45, 7) is 0.100. The number of fused-ring (bicyclic) bond motifs is 1. The van der Waals surface area contributed by atoms with Gasteiger partial charge < -0.3 is 19.9 Å². The van der Waals surface area contributed by atoms with Crippen molar-refractivity contribution < 1.29 is 24.2 Å². The van der Waals surface area contributed by atoms with Gasteiger partial charge in [0.1, 0.15) is 11.5 Å². The quantitative estimate of drug-likeness (QED) is 0.483. The lowest BCUT2D eigenvalue weighted by molar-refractivity contribution is -0.116. The molecule has 162 valence electrons. The van der Waals surface area contributed by atoms with Crippen molar-refractivity contribution in [3.05, 3.63) is 62.8 Å². The van der Waals surface area contributed by atoms with Crippen LogP contribution in [0.1, 0.15) is 32.5 Å². The average Bonchev–Trinajstić information content (AvgIpc) is 3.17. The Hall–Kier alpha value is -3.47. The molecule has 0 fully saturated rings. The van der Waals surface area contributed by atoms with Crippen molar-refractivity contribution in [1.82, 2.24) is 0 Å². The summed E-state index contributed by atoms with van der Waals surface area (Å²) in [7, 11) is 1.52. The third-order valence-corrected chi connectivity index (χ3v) is 6.68.